The molecule has 1 amide bonds. The van der Waals surface area contributed by atoms with Gasteiger partial charge in [-0.1, -0.05) is 34.8 Å². The summed E-state index contributed by atoms with van der Waals surface area (Å²) in [5, 5.41) is 8.86. The fourth-order valence-corrected chi connectivity index (χ4v) is 6.18. The number of primary amides is 1. The summed E-state index contributed by atoms with van der Waals surface area (Å²) in [5.74, 6) is 0.762. The summed E-state index contributed by atoms with van der Waals surface area (Å²) in [6, 6.07) is 3.44. The number of carbonyl (C=O) groups is 1. The number of imidazole rings is 1. The first-order chi connectivity index (χ1) is 18.2. The fraction of sp³-hybridized carbons (Fsp3) is 0.520. The molecule has 0 spiro atoms. The second kappa shape index (κ2) is 11.4. The van der Waals surface area contributed by atoms with Crippen molar-refractivity contribution in [1.29, 1.82) is 0 Å². The molecule has 38 heavy (non-hydrogen) atoms. The predicted octanol–water partition coefficient (Wildman–Crippen LogP) is 5.21. The van der Waals surface area contributed by atoms with Gasteiger partial charge in [0.2, 0.25) is 17.8 Å². The average molecular weight is 582 g/mol. The van der Waals surface area contributed by atoms with Crippen LogP contribution in [-0.4, -0.2) is 62.8 Å². The van der Waals surface area contributed by atoms with Crippen molar-refractivity contribution in [3.63, 3.8) is 0 Å². The van der Waals surface area contributed by atoms with Gasteiger partial charge in [-0.25, -0.2) is 15.0 Å². The molecule has 2 aromatic heterocycles. The summed E-state index contributed by atoms with van der Waals surface area (Å²) in [7, 11) is 0. The summed E-state index contributed by atoms with van der Waals surface area (Å²) in [4.78, 5) is 26.4. The summed E-state index contributed by atoms with van der Waals surface area (Å²) >= 11 is 19.1. The van der Waals surface area contributed by atoms with E-state index in [1.54, 1.807) is 18.3 Å². The molecule has 0 bridgehead atoms. The Kier molecular flexibility index (Phi) is 8.16. The maximum absolute atomic E-state index is 11.8. The molecular formula is C25H31Cl3N8O2. The number of nitrogens with two attached hydrogens (primary N) is 1. The zero-order valence-corrected chi connectivity index (χ0v) is 23.6. The topological polar surface area (TPSA) is 114 Å². The molecule has 5 rings (SSSR count). The summed E-state index contributed by atoms with van der Waals surface area (Å²) in [6.07, 6.45) is 4.66. The molecule has 1 aliphatic carbocycles. The van der Waals surface area contributed by atoms with Crippen LogP contribution in [0.4, 0.5) is 17.6 Å². The lowest BCUT2D eigenvalue weighted by molar-refractivity contribution is -0.122. The minimum absolute atomic E-state index is 0.0431. The Morgan fingerprint density at radius 2 is 1.76 bits per heavy atom. The molecular weight excluding hydrogens is 551 g/mol. The van der Waals surface area contributed by atoms with Crippen molar-refractivity contribution in [2.24, 2.45) is 11.7 Å². The number of aromatic nitrogens is 4. The minimum atomic E-state index is -0.250. The highest BCUT2D eigenvalue weighted by molar-refractivity contribution is 6.41. The molecule has 3 heterocycles. The van der Waals surface area contributed by atoms with Crippen LogP contribution in [0.15, 0.2) is 18.3 Å². The minimum Gasteiger partial charge on any atom is -0.379 e. The van der Waals surface area contributed by atoms with Gasteiger partial charge in [0.1, 0.15) is 5.52 Å². The second-order valence-corrected chi connectivity index (χ2v) is 11.2. The normalized spacial score (nSPS) is 20.7. The molecule has 2 aliphatic rings. The van der Waals surface area contributed by atoms with Crippen molar-refractivity contribution in [2.75, 3.05) is 36.6 Å². The van der Waals surface area contributed by atoms with E-state index in [4.69, 9.17) is 60.2 Å². The zero-order valence-electron chi connectivity index (χ0n) is 21.3. The summed E-state index contributed by atoms with van der Waals surface area (Å²) < 4.78 is 7.63. The van der Waals surface area contributed by atoms with Gasteiger partial charge in [0.05, 0.1) is 35.1 Å². The Balaban J connectivity index is 1.58. The third kappa shape index (κ3) is 5.51. The maximum atomic E-state index is 11.8. The molecule has 13 heteroatoms. The molecule has 1 saturated heterocycles. The van der Waals surface area contributed by atoms with Crippen molar-refractivity contribution in [2.45, 2.75) is 51.6 Å². The van der Waals surface area contributed by atoms with Crippen LogP contribution in [0.3, 0.4) is 0 Å². The quantitative estimate of drug-likeness (QED) is 0.391. The molecule has 2 fully saturated rings. The average Bonchev–Trinajstić information content (AvgIpc) is 3.24. The van der Waals surface area contributed by atoms with E-state index in [1.165, 1.54) is 0 Å². The number of amides is 1. The van der Waals surface area contributed by atoms with Crippen LogP contribution in [0.25, 0.3) is 11.2 Å². The number of hydrogen-bond donors (Lipinski definition) is 2. The first-order valence-electron chi connectivity index (χ1n) is 12.8. The summed E-state index contributed by atoms with van der Waals surface area (Å²) in [6.45, 7) is 7.06. The Hall–Kier alpha value is -2.37. The van der Waals surface area contributed by atoms with Crippen LogP contribution < -0.4 is 16.1 Å². The number of carbonyl (C=O) groups excluding carboxylic acids is 1. The van der Waals surface area contributed by atoms with E-state index in [1.807, 2.05) is 0 Å². The Bertz CT molecular complexity index is 1300. The van der Waals surface area contributed by atoms with Crippen molar-refractivity contribution < 1.29 is 9.53 Å². The van der Waals surface area contributed by atoms with Crippen LogP contribution in [0.2, 0.25) is 15.1 Å². The van der Waals surface area contributed by atoms with E-state index in [9.17, 15) is 4.79 Å². The van der Waals surface area contributed by atoms with Gasteiger partial charge >= 0.3 is 0 Å². The number of nitrogens with zero attached hydrogens (tertiary/aromatic N) is 6. The van der Waals surface area contributed by atoms with Gasteiger partial charge in [-0.15, -0.1) is 0 Å². The van der Waals surface area contributed by atoms with Gasteiger partial charge in [-0.3, -0.25) is 14.4 Å². The van der Waals surface area contributed by atoms with Gasteiger partial charge < -0.3 is 15.8 Å². The molecule has 204 valence electrons. The Morgan fingerprint density at radius 3 is 2.37 bits per heavy atom. The predicted molar refractivity (Wildman–Crippen MR) is 150 cm³/mol. The first kappa shape index (κ1) is 27.2. The molecule has 0 radical (unpaired) electrons. The third-order valence-electron chi connectivity index (χ3n) is 7.11. The molecule has 0 atom stereocenters. The number of benzene rings is 1. The van der Waals surface area contributed by atoms with Crippen molar-refractivity contribution in [1.82, 2.24) is 24.5 Å². The van der Waals surface area contributed by atoms with E-state index >= 15 is 0 Å². The largest absolute Gasteiger partial charge is 0.379 e. The van der Waals surface area contributed by atoms with Gasteiger partial charge in [0.25, 0.3) is 0 Å². The molecule has 0 unspecified atom stereocenters. The number of rotatable bonds is 7. The van der Waals surface area contributed by atoms with Crippen LogP contribution in [0.5, 0.6) is 0 Å². The Morgan fingerprint density at radius 1 is 1.11 bits per heavy atom. The number of fused-ring (bicyclic) bond motifs is 1. The van der Waals surface area contributed by atoms with E-state index < -0.39 is 0 Å². The highest BCUT2D eigenvalue weighted by atomic mass is 35.5. The fourth-order valence-electron chi connectivity index (χ4n) is 5.27. The van der Waals surface area contributed by atoms with Gasteiger partial charge in [-0.05, 0) is 51.7 Å². The van der Waals surface area contributed by atoms with Gasteiger partial charge in [-0.2, -0.15) is 4.98 Å². The van der Waals surface area contributed by atoms with Crippen molar-refractivity contribution >= 4 is 69.5 Å². The van der Waals surface area contributed by atoms with Crippen LogP contribution in [0.1, 0.15) is 45.6 Å². The van der Waals surface area contributed by atoms with Gasteiger partial charge in [0.15, 0.2) is 5.65 Å². The zero-order chi connectivity index (χ0) is 27.0. The second-order valence-electron chi connectivity index (χ2n) is 9.97. The number of halogens is 3. The number of hydrazine groups is 1. The van der Waals surface area contributed by atoms with Gasteiger partial charge in [0, 0.05) is 36.1 Å². The lowest BCUT2D eigenvalue weighted by Gasteiger charge is -2.39. The van der Waals surface area contributed by atoms with E-state index in [0.29, 0.717) is 69.9 Å². The highest BCUT2D eigenvalue weighted by Crippen LogP contribution is 2.40. The van der Waals surface area contributed by atoms with Crippen molar-refractivity contribution in [3.05, 3.63) is 33.4 Å². The lowest BCUT2D eigenvalue weighted by Crippen LogP contribution is -2.52. The third-order valence-corrected chi connectivity index (χ3v) is 7.93. The molecule has 1 aromatic carbocycles. The van der Waals surface area contributed by atoms with E-state index in [0.717, 1.165) is 25.9 Å². The number of morpholine rings is 1. The molecule has 3 aromatic rings. The monoisotopic (exact) mass is 580 g/mol. The number of anilines is 3. The molecule has 1 saturated carbocycles. The smallest absolute Gasteiger partial charge is 0.242 e. The SMILES string of the molecule is CC(C)N(c1ncc2nc(Nc3c(Cl)cc(Cl)cc3Cl)n(C3CCC(C(N)=O)CC3)c2n1)N1CCOCC1. The standard InChI is InChI=1S/C25H31Cl3N8O2/c1-14(2)36(34-7-9-38-10-8-34)24-30-13-20-23(33-24)35(17-5-3-15(4-6-17)22(29)37)25(31-20)32-21-18(27)11-16(26)12-19(21)28/h11-15,17H,3-10H2,1-2H3,(H2,29,37)(H,31,32). The number of ether oxygens (including phenoxy) is 1. The molecule has 1 aliphatic heterocycles. The number of hydrogen-bond acceptors (Lipinski definition) is 8. The summed E-state index contributed by atoms with van der Waals surface area (Å²) in [5.41, 5.74) is 7.44. The van der Waals surface area contributed by atoms with E-state index in [2.05, 4.69) is 33.7 Å². The number of nitrogens with one attached hydrogen (secondary N) is 1. The molecule has 3 N–H and O–H groups in total. The lowest BCUT2D eigenvalue weighted by atomic mass is 9.85. The molecule has 10 nitrogen and oxygen atoms in total. The van der Waals surface area contributed by atoms with Crippen LogP contribution >= 0.6 is 34.8 Å². The van der Waals surface area contributed by atoms with Crippen LogP contribution in [-0.2, 0) is 9.53 Å². The van der Waals surface area contributed by atoms with Crippen LogP contribution in [0, 0.1) is 5.92 Å². The first-order valence-corrected chi connectivity index (χ1v) is 13.9. The van der Waals surface area contributed by atoms with E-state index in [-0.39, 0.29) is 23.9 Å². The Labute approximate surface area is 236 Å². The maximum Gasteiger partial charge on any atom is 0.242 e. The highest BCUT2D eigenvalue weighted by Gasteiger charge is 2.31. The van der Waals surface area contributed by atoms with Crippen molar-refractivity contribution in [3.8, 4) is 0 Å².